The van der Waals surface area contributed by atoms with Gasteiger partial charge in [0.15, 0.2) is 0 Å². The third-order valence-corrected chi connectivity index (χ3v) is 3.92. The normalized spacial score (nSPS) is 17.6. The molecule has 0 atom stereocenters. The average Bonchev–Trinajstić information content (AvgIpc) is 2.70. The summed E-state index contributed by atoms with van der Waals surface area (Å²) >= 11 is 0. The minimum Gasteiger partial charge on any atom is -0.347 e. The molecule has 0 unspecified atom stereocenters. The first kappa shape index (κ1) is 15.5. The van der Waals surface area contributed by atoms with Gasteiger partial charge in [0.2, 0.25) is 5.71 Å². The summed E-state index contributed by atoms with van der Waals surface area (Å²) in [5.41, 5.74) is 4.04. The topological polar surface area (TPSA) is 63.2 Å². The Hall–Kier alpha value is -2.85. The molecule has 0 saturated heterocycles. The number of hydrogen-bond donors (Lipinski definition) is 0. The molecule has 0 aliphatic carbocycles. The lowest BCUT2D eigenvalue weighted by Gasteiger charge is -2.23. The maximum atomic E-state index is 8.74. The van der Waals surface area contributed by atoms with E-state index in [9.17, 15) is 0 Å². The van der Waals surface area contributed by atoms with Crippen molar-refractivity contribution in [3.63, 3.8) is 0 Å². The van der Waals surface area contributed by atoms with E-state index in [4.69, 9.17) is 10.5 Å². The van der Waals surface area contributed by atoms with Crippen molar-refractivity contribution in [2.75, 3.05) is 11.9 Å². The summed E-state index contributed by atoms with van der Waals surface area (Å²) < 4.78 is 0. The Bertz CT molecular complexity index is 751. The summed E-state index contributed by atoms with van der Waals surface area (Å²) in [6, 6.07) is 11.9. The van der Waals surface area contributed by atoms with Gasteiger partial charge in [-0.1, -0.05) is 32.0 Å². The quantitative estimate of drug-likeness (QED) is 0.780. The SMILES string of the molecule is C/C(=C\C=C1\N(C)c2ccccc2C1(C)C)N=C(C#N)C#N. The molecule has 1 aliphatic rings. The number of hydrogen-bond acceptors (Lipinski definition) is 4. The molecule has 0 bridgehead atoms. The maximum absolute atomic E-state index is 8.74. The molecule has 0 amide bonds. The number of rotatable bonds is 2. The molecule has 4 heteroatoms. The highest BCUT2D eigenvalue weighted by molar-refractivity contribution is 6.10. The van der Waals surface area contributed by atoms with Gasteiger partial charge < -0.3 is 4.90 Å². The molecular weight excluding hydrogens is 272 g/mol. The van der Waals surface area contributed by atoms with Crippen molar-refractivity contribution in [2.24, 2.45) is 4.99 Å². The lowest BCUT2D eigenvalue weighted by molar-refractivity contribution is 0.640. The van der Waals surface area contributed by atoms with E-state index < -0.39 is 0 Å². The number of fused-ring (bicyclic) bond motifs is 1. The van der Waals surface area contributed by atoms with Gasteiger partial charge in [-0.3, -0.25) is 0 Å². The number of likely N-dealkylation sites (N-methyl/N-ethyl adjacent to an activating group) is 1. The van der Waals surface area contributed by atoms with Crippen LogP contribution in [0.1, 0.15) is 26.3 Å². The van der Waals surface area contributed by atoms with Crippen molar-refractivity contribution >= 4 is 11.4 Å². The van der Waals surface area contributed by atoms with Crippen LogP contribution < -0.4 is 4.90 Å². The van der Waals surface area contributed by atoms with Crippen LogP contribution in [0.2, 0.25) is 0 Å². The Kier molecular flexibility index (Phi) is 4.15. The number of aliphatic imine (C=N–C) groups is 1. The number of allylic oxidation sites excluding steroid dienone is 4. The molecule has 22 heavy (non-hydrogen) atoms. The Morgan fingerprint density at radius 1 is 1.23 bits per heavy atom. The van der Waals surface area contributed by atoms with Crippen LogP contribution in [0.25, 0.3) is 0 Å². The first-order valence-electron chi connectivity index (χ1n) is 7.03. The van der Waals surface area contributed by atoms with Crippen molar-refractivity contribution in [2.45, 2.75) is 26.2 Å². The number of nitrogens with zero attached hydrogens (tertiary/aromatic N) is 4. The van der Waals surface area contributed by atoms with E-state index in [1.807, 2.05) is 25.3 Å². The highest BCUT2D eigenvalue weighted by Crippen LogP contribution is 2.46. The molecule has 1 aliphatic heterocycles. The van der Waals surface area contributed by atoms with Crippen molar-refractivity contribution in [1.82, 2.24) is 0 Å². The number of nitriles is 2. The summed E-state index contributed by atoms with van der Waals surface area (Å²) in [7, 11) is 2.04. The third-order valence-electron chi connectivity index (χ3n) is 3.92. The summed E-state index contributed by atoms with van der Waals surface area (Å²) in [6.07, 6.45) is 3.85. The predicted molar refractivity (Wildman–Crippen MR) is 88.4 cm³/mol. The number of anilines is 1. The van der Waals surface area contributed by atoms with Crippen LogP contribution in [0, 0.1) is 22.7 Å². The van der Waals surface area contributed by atoms with Crippen LogP contribution >= 0.6 is 0 Å². The molecule has 1 heterocycles. The minimum atomic E-state index is -0.130. The zero-order valence-electron chi connectivity index (χ0n) is 13.3. The molecule has 0 radical (unpaired) electrons. The Labute approximate surface area is 131 Å². The Morgan fingerprint density at radius 2 is 1.86 bits per heavy atom. The van der Waals surface area contributed by atoms with Crippen LogP contribution in [0.5, 0.6) is 0 Å². The lowest BCUT2D eigenvalue weighted by Crippen LogP contribution is -2.22. The van der Waals surface area contributed by atoms with E-state index >= 15 is 0 Å². The Balaban J connectivity index is 2.41. The van der Waals surface area contributed by atoms with E-state index in [1.165, 1.54) is 11.3 Å². The molecule has 1 aromatic rings. The summed E-state index contributed by atoms with van der Waals surface area (Å²) in [5.74, 6) is 0. The van der Waals surface area contributed by atoms with E-state index in [-0.39, 0.29) is 11.1 Å². The van der Waals surface area contributed by atoms with Crippen LogP contribution in [0.3, 0.4) is 0 Å². The summed E-state index contributed by atoms with van der Waals surface area (Å²) in [5, 5.41) is 17.5. The fourth-order valence-electron chi connectivity index (χ4n) is 2.79. The van der Waals surface area contributed by atoms with E-state index in [0.717, 1.165) is 5.70 Å². The second-order valence-corrected chi connectivity index (χ2v) is 5.75. The van der Waals surface area contributed by atoms with Gasteiger partial charge in [-0.05, 0) is 30.7 Å². The molecule has 4 nitrogen and oxygen atoms in total. The van der Waals surface area contributed by atoms with Gasteiger partial charge in [0.25, 0.3) is 0 Å². The van der Waals surface area contributed by atoms with Crippen molar-refractivity contribution in [3.05, 3.63) is 53.4 Å². The monoisotopic (exact) mass is 290 g/mol. The van der Waals surface area contributed by atoms with Crippen LogP contribution in [-0.2, 0) is 5.41 Å². The molecule has 1 aromatic carbocycles. The largest absolute Gasteiger partial charge is 0.347 e. The van der Waals surface area contributed by atoms with Gasteiger partial charge in [0, 0.05) is 29.5 Å². The standard InChI is InChI=1S/C18H18N4/c1-13(21-14(11-19)12-20)9-10-17-18(2,3)15-7-5-6-8-16(15)22(17)4/h5-10H,1-4H3/b13-9+,17-10+. The zero-order valence-corrected chi connectivity index (χ0v) is 13.3. The van der Waals surface area contributed by atoms with Crippen molar-refractivity contribution < 1.29 is 0 Å². The smallest absolute Gasteiger partial charge is 0.218 e. The molecule has 0 aromatic heterocycles. The van der Waals surface area contributed by atoms with Crippen LogP contribution in [-0.4, -0.2) is 12.8 Å². The van der Waals surface area contributed by atoms with Gasteiger partial charge >= 0.3 is 0 Å². The van der Waals surface area contributed by atoms with E-state index in [0.29, 0.717) is 5.70 Å². The average molecular weight is 290 g/mol. The molecule has 0 fully saturated rings. The van der Waals surface area contributed by atoms with E-state index in [1.54, 1.807) is 19.1 Å². The van der Waals surface area contributed by atoms with Gasteiger partial charge in [0.05, 0.1) is 0 Å². The molecule has 0 spiro atoms. The lowest BCUT2D eigenvalue weighted by atomic mass is 9.84. The first-order valence-corrected chi connectivity index (χ1v) is 7.03. The Morgan fingerprint density at radius 3 is 2.45 bits per heavy atom. The van der Waals surface area contributed by atoms with Gasteiger partial charge in [-0.2, -0.15) is 10.5 Å². The predicted octanol–water partition coefficient (Wildman–Crippen LogP) is 3.69. The summed E-state index contributed by atoms with van der Waals surface area (Å²) in [6.45, 7) is 6.15. The van der Waals surface area contributed by atoms with Crippen molar-refractivity contribution in [1.29, 1.82) is 10.5 Å². The second-order valence-electron chi connectivity index (χ2n) is 5.75. The fourth-order valence-corrected chi connectivity index (χ4v) is 2.79. The highest BCUT2D eigenvalue weighted by Gasteiger charge is 2.37. The zero-order chi connectivity index (χ0) is 16.3. The fraction of sp³-hybridized carbons (Fsp3) is 0.278. The van der Waals surface area contributed by atoms with Gasteiger partial charge in [-0.25, -0.2) is 4.99 Å². The van der Waals surface area contributed by atoms with Gasteiger partial charge in [-0.15, -0.1) is 0 Å². The minimum absolute atomic E-state index is 0.0981. The molecule has 0 saturated carbocycles. The third kappa shape index (κ3) is 2.64. The molecule has 2 rings (SSSR count). The maximum Gasteiger partial charge on any atom is 0.218 e. The number of para-hydroxylation sites is 1. The molecule has 110 valence electrons. The number of benzene rings is 1. The second kappa shape index (κ2) is 5.87. The van der Waals surface area contributed by atoms with Crippen molar-refractivity contribution in [3.8, 4) is 12.1 Å². The van der Waals surface area contributed by atoms with E-state index in [2.05, 4.69) is 41.9 Å². The summed E-state index contributed by atoms with van der Waals surface area (Å²) in [4.78, 5) is 6.15. The molecule has 0 N–H and O–H groups in total. The van der Waals surface area contributed by atoms with Crippen LogP contribution in [0.4, 0.5) is 5.69 Å². The van der Waals surface area contributed by atoms with Gasteiger partial charge in [0.1, 0.15) is 12.1 Å². The highest BCUT2D eigenvalue weighted by atomic mass is 15.2. The van der Waals surface area contributed by atoms with Crippen LogP contribution in [0.15, 0.2) is 52.8 Å². The molecular formula is C18H18N4. The first-order chi connectivity index (χ1) is 10.4.